The van der Waals surface area contributed by atoms with Crippen LogP contribution in [0.25, 0.3) is 0 Å². The molecule has 0 amide bonds. The van der Waals surface area contributed by atoms with Crippen molar-refractivity contribution in [2.24, 2.45) is 0 Å². The Hall–Kier alpha value is -2.80. The minimum Gasteiger partial charge on any atom is -0.497 e. The normalized spacial score (nSPS) is 10.9. The fraction of sp³-hybridized carbons (Fsp3) is 0.364. The van der Waals surface area contributed by atoms with Gasteiger partial charge in [0, 0.05) is 0 Å². The molecular formula is C22H28O6Si. The summed E-state index contributed by atoms with van der Waals surface area (Å²) in [6.07, 6.45) is 1.32. The summed E-state index contributed by atoms with van der Waals surface area (Å²) in [6.45, 7) is 4.29. The molecule has 0 bridgehead atoms. The number of hydrogen-bond acceptors (Lipinski definition) is 6. The van der Waals surface area contributed by atoms with Crippen LogP contribution in [0.3, 0.4) is 0 Å². The smallest absolute Gasteiger partial charge is 0.370 e. The molecular weight excluding hydrogens is 388 g/mol. The molecule has 6 nitrogen and oxygen atoms in total. The number of ether oxygens (including phenoxy) is 4. The van der Waals surface area contributed by atoms with Gasteiger partial charge in [-0.1, -0.05) is 38.1 Å². The van der Waals surface area contributed by atoms with Gasteiger partial charge < -0.3 is 18.9 Å². The van der Waals surface area contributed by atoms with E-state index < -0.39 is 19.3 Å². The zero-order chi connectivity index (χ0) is 21.3. The van der Waals surface area contributed by atoms with Crippen molar-refractivity contribution < 1.29 is 28.5 Å². The molecule has 29 heavy (non-hydrogen) atoms. The molecule has 0 saturated carbocycles. The number of carbonyl (C=O) groups is 2. The second kappa shape index (κ2) is 10.7. The minimum absolute atomic E-state index is 0.237. The minimum atomic E-state index is -3.73. The topological polar surface area (TPSA) is 71.1 Å². The Morgan fingerprint density at radius 3 is 1.31 bits per heavy atom. The van der Waals surface area contributed by atoms with Crippen LogP contribution in [0.15, 0.2) is 48.5 Å². The number of rotatable bonds is 10. The molecule has 0 aliphatic heterocycles. The van der Waals surface area contributed by atoms with Crippen LogP contribution in [0, 0.1) is 0 Å². The largest absolute Gasteiger partial charge is 0.497 e. The average Bonchev–Trinajstić information content (AvgIpc) is 2.77. The Balaban J connectivity index is 2.70. The van der Waals surface area contributed by atoms with Gasteiger partial charge in [0.2, 0.25) is 0 Å². The highest BCUT2D eigenvalue weighted by Crippen LogP contribution is 2.18. The zero-order valence-corrected chi connectivity index (χ0v) is 18.4. The van der Waals surface area contributed by atoms with E-state index in [2.05, 4.69) is 0 Å². The number of benzene rings is 2. The van der Waals surface area contributed by atoms with Crippen molar-refractivity contribution in [1.29, 1.82) is 0 Å². The summed E-state index contributed by atoms with van der Waals surface area (Å²) in [4.78, 5) is 26.8. The van der Waals surface area contributed by atoms with E-state index in [0.29, 0.717) is 34.7 Å². The monoisotopic (exact) mass is 416 g/mol. The summed E-state index contributed by atoms with van der Waals surface area (Å²) in [5.41, 5.74) is -1.06. The Morgan fingerprint density at radius 2 is 1.03 bits per heavy atom. The van der Waals surface area contributed by atoms with Crippen LogP contribution in [0.4, 0.5) is 9.59 Å². The highest BCUT2D eigenvalue weighted by molar-refractivity contribution is 7.37. The molecule has 0 aliphatic rings. The first-order valence-corrected chi connectivity index (χ1v) is 11.7. The lowest BCUT2D eigenvalue weighted by Crippen LogP contribution is -2.70. The molecule has 0 radical (unpaired) electrons. The first-order chi connectivity index (χ1) is 14.0. The maximum atomic E-state index is 13.4. The lowest BCUT2D eigenvalue weighted by Gasteiger charge is -2.28. The van der Waals surface area contributed by atoms with Crippen LogP contribution >= 0.6 is 0 Å². The van der Waals surface area contributed by atoms with Crippen LogP contribution in [-0.4, -0.2) is 46.7 Å². The van der Waals surface area contributed by atoms with Crippen LogP contribution in [-0.2, 0) is 9.47 Å². The Kier molecular flexibility index (Phi) is 8.27. The molecule has 0 aromatic heterocycles. The Bertz CT molecular complexity index is 732. The van der Waals surface area contributed by atoms with Crippen LogP contribution in [0.5, 0.6) is 11.5 Å². The van der Waals surface area contributed by atoms with Gasteiger partial charge in [-0.25, -0.2) is 0 Å². The molecule has 2 aromatic rings. The second-order valence-electron chi connectivity index (χ2n) is 6.48. The number of carbonyl (C=O) groups excluding carboxylic acids is 2. The summed E-state index contributed by atoms with van der Waals surface area (Å²) in [5.74, 6) is 1.27. The molecule has 2 rings (SSSR count). The molecule has 156 valence electrons. The molecule has 0 atom stereocenters. The summed E-state index contributed by atoms with van der Waals surface area (Å²) < 4.78 is 21.5. The number of hydrogen-bond donors (Lipinski definition) is 0. The van der Waals surface area contributed by atoms with Gasteiger partial charge in [-0.15, -0.1) is 0 Å². The lowest BCUT2D eigenvalue weighted by atomic mass is 10.3. The molecule has 7 heteroatoms. The van der Waals surface area contributed by atoms with Crippen molar-refractivity contribution >= 4 is 29.6 Å². The predicted octanol–water partition coefficient (Wildman–Crippen LogP) is 3.52. The highest BCUT2D eigenvalue weighted by atomic mass is 28.3. The molecule has 0 saturated heterocycles. The molecule has 0 N–H and O–H groups in total. The van der Waals surface area contributed by atoms with Gasteiger partial charge in [0.1, 0.15) is 11.5 Å². The van der Waals surface area contributed by atoms with Crippen molar-refractivity contribution in [2.75, 3.05) is 27.4 Å². The van der Waals surface area contributed by atoms with Crippen molar-refractivity contribution in [2.45, 2.75) is 26.7 Å². The van der Waals surface area contributed by atoms with E-state index in [1.807, 2.05) is 13.8 Å². The fourth-order valence-corrected chi connectivity index (χ4v) is 6.42. The zero-order valence-electron chi connectivity index (χ0n) is 17.4. The number of methoxy groups -OCH3 is 2. The molecule has 0 fully saturated rings. The maximum absolute atomic E-state index is 13.4. The summed E-state index contributed by atoms with van der Waals surface area (Å²) in [7, 11) is -0.606. The van der Waals surface area contributed by atoms with Gasteiger partial charge >= 0.3 is 8.07 Å². The van der Waals surface area contributed by atoms with E-state index in [1.165, 1.54) is 0 Å². The average molecular weight is 417 g/mol. The van der Waals surface area contributed by atoms with Crippen molar-refractivity contribution in [3.8, 4) is 11.5 Å². The quantitative estimate of drug-likeness (QED) is 0.552. The van der Waals surface area contributed by atoms with Crippen molar-refractivity contribution in [3.05, 3.63) is 48.5 Å². The Labute approximate surface area is 172 Å². The predicted molar refractivity (Wildman–Crippen MR) is 114 cm³/mol. The second-order valence-corrected chi connectivity index (χ2v) is 9.95. The van der Waals surface area contributed by atoms with Gasteiger partial charge in [0.05, 0.1) is 27.4 Å². The third kappa shape index (κ3) is 4.79. The van der Waals surface area contributed by atoms with Gasteiger partial charge in [-0.05, 0) is 47.5 Å². The van der Waals surface area contributed by atoms with E-state index in [0.717, 1.165) is 0 Å². The fourth-order valence-electron chi connectivity index (χ4n) is 3.01. The maximum Gasteiger partial charge on any atom is 0.370 e. The molecule has 0 spiro atoms. The van der Waals surface area contributed by atoms with E-state index in [-0.39, 0.29) is 13.2 Å². The SMILES string of the molecule is CCCOC(=O)[Si](C(=O)OCCC)(c1ccc(OC)cc1)c1ccc(OC)cc1. The molecule has 2 aromatic carbocycles. The highest BCUT2D eigenvalue weighted by Gasteiger charge is 2.56. The summed E-state index contributed by atoms with van der Waals surface area (Å²) >= 11 is 0. The molecule has 0 heterocycles. The van der Waals surface area contributed by atoms with Gasteiger partial charge in [0.25, 0.3) is 11.2 Å². The first kappa shape index (κ1) is 22.5. The van der Waals surface area contributed by atoms with Crippen LogP contribution in [0.2, 0.25) is 0 Å². The molecule has 0 unspecified atom stereocenters. The standard InChI is InChI=1S/C22H28O6Si/c1-5-15-27-21(23)29(22(24)28-16-6-2,19-11-7-17(25-3)8-12-19)20-13-9-18(26-4)10-14-20/h7-14H,5-6,15-16H2,1-4H3. The van der Waals surface area contributed by atoms with Gasteiger partial charge in [-0.2, -0.15) is 0 Å². The first-order valence-electron chi connectivity index (χ1n) is 9.68. The Morgan fingerprint density at radius 1 is 0.690 bits per heavy atom. The molecule has 0 aliphatic carbocycles. The van der Waals surface area contributed by atoms with E-state index in [9.17, 15) is 9.59 Å². The lowest BCUT2D eigenvalue weighted by molar-refractivity contribution is 0.162. The van der Waals surface area contributed by atoms with E-state index >= 15 is 0 Å². The van der Waals surface area contributed by atoms with Gasteiger partial charge in [-0.3, -0.25) is 9.59 Å². The summed E-state index contributed by atoms with van der Waals surface area (Å²) in [6, 6.07) is 13.9. The van der Waals surface area contributed by atoms with Crippen molar-refractivity contribution in [1.82, 2.24) is 0 Å². The third-order valence-corrected chi connectivity index (χ3v) is 8.45. The van der Waals surface area contributed by atoms with E-state index in [4.69, 9.17) is 18.9 Å². The van der Waals surface area contributed by atoms with Gasteiger partial charge in [0.15, 0.2) is 0 Å². The van der Waals surface area contributed by atoms with Crippen molar-refractivity contribution in [3.63, 3.8) is 0 Å². The third-order valence-electron chi connectivity index (χ3n) is 4.53. The van der Waals surface area contributed by atoms with Crippen LogP contribution in [0.1, 0.15) is 26.7 Å². The summed E-state index contributed by atoms with van der Waals surface area (Å²) in [5, 5.41) is 1.18. The van der Waals surface area contributed by atoms with E-state index in [1.54, 1.807) is 62.8 Å². The van der Waals surface area contributed by atoms with Crippen LogP contribution < -0.4 is 19.8 Å².